The van der Waals surface area contributed by atoms with Gasteiger partial charge in [0, 0.05) is 5.69 Å². The predicted molar refractivity (Wildman–Crippen MR) is 90.9 cm³/mol. The Bertz CT molecular complexity index is 957. The van der Waals surface area contributed by atoms with Crippen LogP contribution in [-0.4, -0.2) is 23.2 Å². The molecule has 2 atom stereocenters. The molecule has 0 heterocycles. The molecule has 1 aliphatic rings. The Kier molecular flexibility index (Phi) is 5.98. The minimum Gasteiger partial charge on any atom is -0.482 e. The number of nitrogens with one attached hydrogen (secondary N) is 1. The van der Waals surface area contributed by atoms with E-state index in [0.717, 1.165) is 19.1 Å². The van der Waals surface area contributed by atoms with Gasteiger partial charge in [-0.3, -0.25) is 4.79 Å². The lowest BCUT2D eigenvalue weighted by Gasteiger charge is -2.23. The van der Waals surface area contributed by atoms with Crippen molar-refractivity contribution in [1.82, 2.24) is 0 Å². The minimum absolute atomic E-state index is 0.192. The zero-order valence-corrected chi connectivity index (χ0v) is 14.6. The number of amides is 1. The Morgan fingerprint density at radius 1 is 1.43 bits per heavy atom. The van der Waals surface area contributed by atoms with Crippen molar-refractivity contribution in [3.05, 3.63) is 41.2 Å². The number of hydrogen-bond donors (Lipinski definition) is 2. The van der Waals surface area contributed by atoms with Crippen molar-refractivity contribution in [1.29, 1.82) is 10.5 Å². The predicted octanol–water partition coefficient (Wildman–Crippen LogP) is 2.71. The summed E-state index contributed by atoms with van der Waals surface area (Å²) in [7, 11) is 0. The van der Waals surface area contributed by atoms with Crippen molar-refractivity contribution in [2.75, 3.05) is 11.9 Å². The normalized spacial score (nSPS) is 17.7. The molecule has 0 aromatic heterocycles. The summed E-state index contributed by atoms with van der Waals surface area (Å²) in [5, 5.41) is 30.0. The third-order valence-electron chi connectivity index (χ3n) is 3.77. The fourth-order valence-corrected chi connectivity index (χ4v) is 2.18. The molecule has 0 radical (unpaired) electrons. The molecule has 2 unspecified atom stereocenters. The van der Waals surface area contributed by atoms with E-state index in [-0.39, 0.29) is 11.4 Å². The van der Waals surface area contributed by atoms with Gasteiger partial charge in [-0.05, 0) is 43.5 Å². The van der Waals surface area contributed by atoms with Gasteiger partial charge in [0.2, 0.25) is 0 Å². The molecule has 2 N–H and O–H groups in total. The van der Waals surface area contributed by atoms with Crippen LogP contribution in [-0.2, 0) is 15.7 Å². The Hall–Kier alpha value is -3.48. The van der Waals surface area contributed by atoms with Crippen molar-refractivity contribution in [3.63, 3.8) is 0 Å². The maximum Gasteiger partial charge on any atom is 0.417 e. The van der Waals surface area contributed by atoms with E-state index in [2.05, 4.69) is 17.2 Å². The lowest BCUT2D eigenvalue weighted by atomic mass is 10.0. The van der Waals surface area contributed by atoms with Crippen molar-refractivity contribution in [2.24, 2.45) is 5.92 Å². The molecule has 0 bridgehead atoms. The third kappa shape index (κ3) is 5.03. The van der Waals surface area contributed by atoms with Gasteiger partial charge >= 0.3 is 6.18 Å². The van der Waals surface area contributed by atoms with Crippen LogP contribution in [0.15, 0.2) is 30.0 Å². The van der Waals surface area contributed by atoms with Crippen LogP contribution in [0.4, 0.5) is 18.9 Å². The fourth-order valence-electron chi connectivity index (χ4n) is 2.18. The second kappa shape index (κ2) is 8.04. The molecular formula is C19H14F3N3O3. The average molecular weight is 389 g/mol. The van der Waals surface area contributed by atoms with Crippen LogP contribution < -0.4 is 5.32 Å². The van der Waals surface area contributed by atoms with Gasteiger partial charge < -0.3 is 15.2 Å². The van der Waals surface area contributed by atoms with E-state index >= 15 is 0 Å². The zero-order valence-electron chi connectivity index (χ0n) is 14.6. The van der Waals surface area contributed by atoms with Gasteiger partial charge in [0.15, 0.2) is 11.4 Å². The van der Waals surface area contributed by atoms with Gasteiger partial charge in [-0.25, -0.2) is 0 Å². The van der Waals surface area contributed by atoms with E-state index in [0.29, 0.717) is 12.5 Å². The molecule has 1 aromatic carbocycles. The van der Waals surface area contributed by atoms with Gasteiger partial charge in [0.05, 0.1) is 23.3 Å². The number of alkyl halides is 3. The summed E-state index contributed by atoms with van der Waals surface area (Å²) in [6, 6.07) is 6.08. The van der Waals surface area contributed by atoms with E-state index in [1.807, 2.05) is 6.07 Å². The molecule has 1 amide bonds. The molecule has 0 saturated carbocycles. The summed E-state index contributed by atoms with van der Waals surface area (Å²) in [4.78, 5) is 12.2. The highest BCUT2D eigenvalue weighted by Gasteiger charge is 2.35. The lowest BCUT2D eigenvalue weighted by Crippen LogP contribution is -2.44. The van der Waals surface area contributed by atoms with Crippen LogP contribution in [0.1, 0.15) is 24.5 Å². The standard InChI is InChI=1S/C19H14F3N3O3/c1-18(27,11-28-15-6-2-12(9-23)3-7-15)17(26)25-14-5-4-13(10-24)16(8-14)19(20,21)22/h4-6,8,12,27H,2,11H2,1H3,(H,25,26). The first-order valence-electron chi connectivity index (χ1n) is 7.96. The van der Waals surface area contributed by atoms with Gasteiger partial charge in [0.25, 0.3) is 5.91 Å². The number of aliphatic hydroxyl groups is 1. The van der Waals surface area contributed by atoms with E-state index < -0.39 is 41.3 Å². The van der Waals surface area contributed by atoms with Gasteiger partial charge in [-0.15, -0.1) is 0 Å². The number of nitriles is 2. The molecule has 1 aliphatic carbocycles. The monoisotopic (exact) mass is 389 g/mol. The summed E-state index contributed by atoms with van der Waals surface area (Å²) in [6.45, 7) is 0.629. The molecule has 9 heteroatoms. The number of nitrogens with zero attached hydrogens (tertiary/aromatic N) is 2. The van der Waals surface area contributed by atoms with E-state index in [9.17, 15) is 23.1 Å². The van der Waals surface area contributed by atoms with Crippen LogP contribution in [0.3, 0.4) is 0 Å². The second-order valence-corrected chi connectivity index (χ2v) is 6.14. The second-order valence-electron chi connectivity index (χ2n) is 6.14. The molecule has 6 nitrogen and oxygen atoms in total. The Morgan fingerprint density at radius 3 is 2.68 bits per heavy atom. The van der Waals surface area contributed by atoms with Gasteiger partial charge in [0.1, 0.15) is 12.5 Å². The molecule has 0 spiro atoms. The van der Waals surface area contributed by atoms with Crippen LogP contribution >= 0.6 is 0 Å². The average Bonchev–Trinajstić information content (AvgIpc) is 2.66. The molecule has 28 heavy (non-hydrogen) atoms. The SMILES string of the molecule is CC(O)(COC1=CCC(C#N)C#C1)C(=O)Nc1ccc(C#N)c(C(F)(F)F)c1. The van der Waals surface area contributed by atoms with Crippen LogP contribution in [0.25, 0.3) is 0 Å². The minimum atomic E-state index is -4.77. The Morgan fingerprint density at radius 2 is 2.14 bits per heavy atom. The van der Waals surface area contributed by atoms with Crippen molar-refractivity contribution >= 4 is 11.6 Å². The fraction of sp³-hybridized carbons (Fsp3) is 0.316. The molecule has 1 aromatic rings. The van der Waals surface area contributed by atoms with Crippen molar-refractivity contribution in [3.8, 4) is 24.0 Å². The molecule has 144 valence electrons. The lowest BCUT2D eigenvalue weighted by molar-refractivity contribution is -0.138. The zero-order chi connectivity index (χ0) is 20.9. The largest absolute Gasteiger partial charge is 0.482 e. The first kappa shape index (κ1) is 20.8. The van der Waals surface area contributed by atoms with Crippen LogP contribution in [0.2, 0.25) is 0 Å². The number of anilines is 1. The summed E-state index contributed by atoms with van der Waals surface area (Å²) in [5.74, 6) is 3.97. The van der Waals surface area contributed by atoms with Crippen molar-refractivity contribution in [2.45, 2.75) is 25.1 Å². The molecule has 0 saturated heterocycles. The van der Waals surface area contributed by atoms with Crippen LogP contribution in [0, 0.1) is 40.4 Å². The highest BCUT2D eigenvalue weighted by Crippen LogP contribution is 2.33. The smallest absolute Gasteiger partial charge is 0.417 e. The van der Waals surface area contributed by atoms with Gasteiger partial charge in [-0.1, -0.05) is 5.92 Å². The summed E-state index contributed by atoms with van der Waals surface area (Å²) >= 11 is 0. The first-order chi connectivity index (χ1) is 13.1. The summed E-state index contributed by atoms with van der Waals surface area (Å²) < 4.78 is 44.2. The molecular weight excluding hydrogens is 375 g/mol. The number of rotatable bonds is 5. The highest BCUT2D eigenvalue weighted by molar-refractivity contribution is 5.97. The Balaban J connectivity index is 2.07. The molecule has 0 aliphatic heterocycles. The van der Waals surface area contributed by atoms with E-state index in [1.165, 1.54) is 6.07 Å². The number of hydrogen-bond acceptors (Lipinski definition) is 5. The highest BCUT2D eigenvalue weighted by atomic mass is 19.4. The maximum atomic E-state index is 13.0. The molecule has 2 rings (SSSR count). The van der Waals surface area contributed by atoms with E-state index in [4.69, 9.17) is 15.3 Å². The maximum absolute atomic E-state index is 13.0. The van der Waals surface area contributed by atoms with Gasteiger partial charge in [-0.2, -0.15) is 23.7 Å². The number of allylic oxidation sites excluding steroid dienone is 2. The number of carbonyl (C=O) groups excluding carboxylic acids is 1. The number of ether oxygens (including phenoxy) is 1. The summed E-state index contributed by atoms with van der Waals surface area (Å²) in [5.41, 5.74) is -4.08. The third-order valence-corrected chi connectivity index (χ3v) is 3.77. The Labute approximate surface area is 158 Å². The van der Waals surface area contributed by atoms with E-state index in [1.54, 1.807) is 6.08 Å². The van der Waals surface area contributed by atoms with Crippen molar-refractivity contribution < 1.29 is 27.8 Å². The number of halogens is 3. The molecule has 0 fully saturated rings. The summed E-state index contributed by atoms with van der Waals surface area (Å²) in [6.07, 6.45) is -2.88. The number of benzene rings is 1. The topological polar surface area (TPSA) is 106 Å². The first-order valence-corrected chi connectivity index (χ1v) is 7.96. The quantitative estimate of drug-likeness (QED) is 0.753. The van der Waals surface area contributed by atoms with Crippen LogP contribution in [0.5, 0.6) is 0 Å². The number of carbonyl (C=O) groups is 1.